The van der Waals surface area contributed by atoms with Gasteiger partial charge in [0.2, 0.25) is 0 Å². The van der Waals surface area contributed by atoms with Gasteiger partial charge in [-0.15, -0.1) is 0 Å². The van der Waals surface area contributed by atoms with E-state index in [0.717, 1.165) is 0 Å². The standard InChI is InChI=1S/C14H13BrClNO4S/c1-20-10-4-5-12(13(8-10)21-2)17-22(18,19)14-6-3-9(15)7-11(14)16/h3-8,17H,1-2H3. The van der Waals surface area contributed by atoms with Crippen LogP contribution in [-0.2, 0) is 10.0 Å². The van der Waals surface area contributed by atoms with Gasteiger partial charge in [0.05, 0.1) is 24.9 Å². The fraction of sp³-hybridized carbons (Fsp3) is 0.143. The Morgan fingerprint density at radius 2 is 1.82 bits per heavy atom. The molecule has 0 aromatic heterocycles. The van der Waals surface area contributed by atoms with Crippen molar-refractivity contribution < 1.29 is 17.9 Å². The number of sulfonamides is 1. The fourth-order valence-corrected chi connectivity index (χ4v) is 3.88. The Morgan fingerprint density at radius 1 is 1.09 bits per heavy atom. The van der Waals surface area contributed by atoms with E-state index in [1.807, 2.05) is 0 Å². The second-order valence-electron chi connectivity index (χ2n) is 4.25. The molecule has 0 radical (unpaired) electrons. The molecule has 0 aliphatic carbocycles. The predicted molar refractivity (Wildman–Crippen MR) is 89.5 cm³/mol. The van der Waals surface area contributed by atoms with Gasteiger partial charge in [0.1, 0.15) is 16.4 Å². The Balaban J connectivity index is 2.40. The summed E-state index contributed by atoms with van der Waals surface area (Å²) in [5.41, 5.74) is 0.294. The van der Waals surface area contributed by atoms with Crippen LogP contribution >= 0.6 is 27.5 Å². The minimum Gasteiger partial charge on any atom is -0.497 e. The molecule has 0 amide bonds. The van der Waals surface area contributed by atoms with E-state index in [0.29, 0.717) is 21.7 Å². The minimum atomic E-state index is -3.84. The van der Waals surface area contributed by atoms with Crippen LogP contribution in [0.15, 0.2) is 45.8 Å². The monoisotopic (exact) mass is 405 g/mol. The summed E-state index contributed by atoms with van der Waals surface area (Å²) in [6.07, 6.45) is 0. The summed E-state index contributed by atoms with van der Waals surface area (Å²) in [6, 6.07) is 9.31. The van der Waals surface area contributed by atoms with Gasteiger partial charge in [0.25, 0.3) is 10.0 Å². The zero-order valence-electron chi connectivity index (χ0n) is 11.8. The number of methoxy groups -OCH3 is 2. The molecule has 22 heavy (non-hydrogen) atoms. The average Bonchev–Trinajstić information content (AvgIpc) is 2.46. The smallest absolute Gasteiger partial charge is 0.263 e. The van der Waals surface area contributed by atoms with Crippen LogP contribution in [0.1, 0.15) is 0 Å². The molecule has 0 fully saturated rings. The van der Waals surface area contributed by atoms with Crippen LogP contribution < -0.4 is 14.2 Å². The van der Waals surface area contributed by atoms with Crippen molar-refractivity contribution in [2.45, 2.75) is 4.90 Å². The number of ether oxygens (including phenoxy) is 2. The number of rotatable bonds is 5. The number of hydrogen-bond acceptors (Lipinski definition) is 4. The third-order valence-electron chi connectivity index (χ3n) is 2.84. The Bertz CT molecular complexity index is 795. The van der Waals surface area contributed by atoms with E-state index in [4.69, 9.17) is 21.1 Å². The maximum Gasteiger partial charge on any atom is 0.263 e. The van der Waals surface area contributed by atoms with Crippen molar-refractivity contribution in [1.82, 2.24) is 0 Å². The molecule has 118 valence electrons. The summed E-state index contributed by atoms with van der Waals surface area (Å²) in [7, 11) is -0.879. The van der Waals surface area contributed by atoms with E-state index in [1.54, 1.807) is 24.3 Å². The number of anilines is 1. The SMILES string of the molecule is COc1ccc(NS(=O)(=O)c2ccc(Br)cc2Cl)c(OC)c1. The Morgan fingerprint density at radius 3 is 2.41 bits per heavy atom. The molecule has 0 bridgehead atoms. The van der Waals surface area contributed by atoms with Crippen LogP contribution in [0.25, 0.3) is 0 Å². The third kappa shape index (κ3) is 3.66. The summed E-state index contributed by atoms with van der Waals surface area (Å²) in [5.74, 6) is 0.901. The zero-order chi connectivity index (χ0) is 16.3. The van der Waals surface area contributed by atoms with Gasteiger partial charge in [-0.25, -0.2) is 8.42 Å². The van der Waals surface area contributed by atoms with Crippen LogP contribution in [0.3, 0.4) is 0 Å². The first-order valence-electron chi connectivity index (χ1n) is 6.07. The van der Waals surface area contributed by atoms with Gasteiger partial charge in [-0.2, -0.15) is 0 Å². The first kappa shape index (κ1) is 16.9. The number of nitrogens with one attached hydrogen (secondary N) is 1. The highest BCUT2D eigenvalue weighted by Crippen LogP contribution is 2.32. The van der Waals surface area contributed by atoms with Crippen LogP contribution in [-0.4, -0.2) is 22.6 Å². The normalized spacial score (nSPS) is 11.1. The maximum atomic E-state index is 12.5. The van der Waals surface area contributed by atoms with Gasteiger partial charge >= 0.3 is 0 Å². The lowest BCUT2D eigenvalue weighted by molar-refractivity contribution is 0.395. The second kappa shape index (κ2) is 6.76. The third-order valence-corrected chi connectivity index (χ3v) is 5.18. The summed E-state index contributed by atoms with van der Waals surface area (Å²) in [4.78, 5) is -0.0183. The molecule has 0 unspecified atom stereocenters. The van der Waals surface area contributed by atoms with Crippen molar-refractivity contribution in [1.29, 1.82) is 0 Å². The highest BCUT2D eigenvalue weighted by atomic mass is 79.9. The van der Waals surface area contributed by atoms with E-state index < -0.39 is 10.0 Å². The molecule has 0 atom stereocenters. The van der Waals surface area contributed by atoms with Crippen LogP contribution in [0.2, 0.25) is 5.02 Å². The summed E-state index contributed by atoms with van der Waals surface area (Å²) >= 11 is 9.24. The number of hydrogen-bond donors (Lipinski definition) is 1. The highest BCUT2D eigenvalue weighted by molar-refractivity contribution is 9.10. The molecule has 0 aliphatic heterocycles. The molecule has 2 rings (SSSR count). The van der Waals surface area contributed by atoms with Crippen molar-refractivity contribution in [3.8, 4) is 11.5 Å². The van der Waals surface area contributed by atoms with E-state index in [2.05, 4.69) is 20.7 Å². The molecule has 2 aromatic rings. The summed E-state index contributed by atoms with van der Waals surface area (Å²) in [5, 5.41) is 0.120. The van der Waals surface area contributed by atoms with E-state index in [9.17, 15) is 8.42 Å². The first-order valence-corrected chi connectivity index (χ1v) is 8.72. The highest BCUT2D eigenvalue weighted by Gasteiger charge is 2.20. The predicted octanol–water partition coefficient (Wildman–Crippen LogP) is 3.92. The van der Waals surface area contributed by atoms with Gasteiger partial charge in [0.15, 0.2) is 0 Å². The topological polar surface area (TPSA) is 64.6 Å². The molecule has 5 nitrogen and oxygen atoms in total. The van der Waals surface area contributed by atoms with Gasteiger partial charge < -0.3 is 9.47 Å². The summed E-state index contributed by atoms with van der Waals surface area (Å²) in [6.45, 7) is 0. The van der Waals surface area contributed by atoms with Crippen molar-refractivity contribution in [3.05, 3.63) is 45.9 Å². The molecule has 2 aromatic carbocycles. The first-order chi connectivity index (χ1) is 10.4. The molecular formula is C14H13BrClNO4S. The van der Waals surface area contributed by atoms with Crippen molar-refractivity contribution >= 4 is 43.2 Å². The van der Waals surface area contributed by atoms with Gasteiger partial charge in [0, 0.05) is 10.5 Å². The summed E-state index contributed by atoms with van der Waals surface area (Å²) < 4.78 is 38.3. The lowest BCUT2D eigenvalue weighted by Crippen LogP contribution is -2.14. The quantitative estimate of drug-likeness (QED) is 0.817. The van der Waals surface area contributed by atoms with Crippen molar-refractivity contribution in [2.75, 3.05) is 18.9 Å². The molecule has 0 spiro atoms. The Hall–Kier alpha value is -1.44. The lowest BCUT2D eigenvalue weighted by atomic mass is 10.3. The molecule has 0 saturated carbocycles. The lowest BCUT2D eigenvalue weighted by Gasteiger charge is -2.13. The molecule has 0 heterocycles. The van der Waals surface area contributed by atoms with Gasteiger partial charge in [-0.1, -0.05) is 27.5 Å². The average molecular weight is 407 g/mol. The molecular weight excluding hydrogens is 394 g/mol. The van der Waals surface area contributed by atoms with Gasteiger partial charge in [-0.3, -0.25) is 4.72 Å². The molecule has 1 N–H and O–H groups in total. The van der Waals surface area contributed by atoms with E-state index >= 15 is 0 Å². The zero-order valence-corrected chi connectivity index (χ0v) is 14.9. The number of benzene rings is 2. The van der Waals surface area contributed by atoms with Crippen molar-refractivity contribution in [3.63, 3.8) is 0 Å². The Labute approximate surface area is 142 Å². The molecule has 0 saturated heterocycles. The van der Waals surface area contributed by atoms with Gasteiger partial charge in [-0.05, 0) is 30.3 Å². The van der Waals surface area contributed by atoms with E-state index in [-0.39, 0.29) is 9.92 Å². The minimum absolute atomic E-state index is 0.0183. The van der Waals surface area contributed by atoms with Crippen LogP contribution in [0, 0.1) is 0 Å². The fourth-order valence-electron chi connectivity index (χ4n) is 1.78. The maximum absolute atomic E-state index is 12.5. The largest absolute Gasteiger partial charge is 0.497 e. The molecule has 8 heteroatoms. The number of halogens is 2. The molecule has 0 aliphatic rings. The van der Waals surface area contributed by atoms with Crippen LogP contribution in [0.5, 0.6) is 11.5 Å². The second-order valence-corrected chi connectivity index (χ2v) is 7.22. The van der Waals surface area contributed by atoms with E-state index in [1.165, 1.54) is 26.4 Å². The Kier molecular flexibility index (Phi) is 5.20. The van der Waals surface area contributed by atoms with Crippen LogP contribution in [0.4, 0.5) is 5.69 Å². The van der Waals surface area contributed by atoms with Crippen molar-refractivity contribution in [2.24, 2.45) is 0 Å².